The molecule has 220 valence electrons. The second-order valence-corrected chi connectivity index (χ2v) is 11.8. The molecule has 2 N–H and O–H groups in total. The number of aliphatic hydroxyl groups excluding tert-OH is 1. The van der Waals surface area contributed by atoms with Crippen molar-refractivity contribution >= 4 is 26.9 Å². The first kappa shape index (κ1) is 33.1. The number of piperidine rings is 1. The molecule has 0 aromatic carbocycles. The Bertz CT molecular complexity index is 797. The van der Waals surface area contributed by atoms with Gasteiger partial charge in [0, 0.05) is 19.6 Å². The second kappa shape index (κ2) is 15.0. The highest BCUT2D eigenvalue weighted by Gasteiger charge is 2.52. The molecule has 0 spiro atoms. The highest BCUT2D eigenvalue weighted by Crippen LogP contribution is 2.36. The number of ketones is 1. The topological polar surface area (TPSA) is 123 Å². The molecule has 3 aliphatic rings. The second-order valence-electron chi connectivity index (χ2n) is 11.0. The van der Waals surface area contributed by atoms with E-state index in [-0.39, 0.29) is 24.7 Å². The van der Waals surface area contributed by atoms with Crippen LogP contribution in [-0.4, -0.2) is 82.4 Å². The standard InChI is InChI=1S/C26H44NO8P.C2H6/c1-15(13-18-9-10-20(28)21(14-18)33-4)17(3)34-25(31)19-7-5-6-12-27(19)24(30)23(29)26(32)16(2)8-11-22(36)35-26;1-2/h15-22,28,32H,5-14,36H2,1-4H3;1-2H3. The predicted molar refractivity (Wildman–Crippen MR) is 147 cm³/mol. The molecule has 10 unspecified atom stereocenters. The monoisotopic (exact) mass is 559 g/mol. The molecule has 0 bridgehead atoms. The van der Waals surface area contributed by atoms with Gasteiger partial charge in [-0.3, -0.25) is 9.59 Å². The van der Waals surface area contributed by atoms with Gasteiger partial charge in [0.25, 0.3) is 11.7 Å². The van der Waals surface area contributed by atoms with E-state index in [0.29, 0.717) is 38.0 Å². The van der Waals surface area contributed by atoms with Crippen molar-refractivity contribution in [3.8, 4) is 0 Å². The number of nitrogens with zero attached hydrogens (tertiary/aromatic N) is 1. The van der Waals surface area contributed by atoms with Crippen LogP contribution in [0.1, 0.15) is 92.4 Å². The van der Waals surface area contributed by atoms with Crippen LogP contribution < -0.4 is 0 Å². The fraction of sp³-hybridized carbons (Fsp3) is 0.893. The predicted octanol–water partition coefficient (Wildman–Crippen LogP) is 3.43. The van der Waals surface area contributed by atoms with Gasteiger partial charge in [-0.05, 0) is 76.5 Å². The number of carbonyl (C=O) groups excluding carboxylic acids is 3. The Morgan fingerprint density at radius 3 is 2.45 bits per heavy atom. The molecule has 0 aromatic rings. The van der Waals surface area contributed by atoms with Crippen LogP contribution in [0.25, 0.3) is 0 Å². The molecule has 0 aromatic heterocycles. The summed E-state index contributed by atoms with van der Waals surface area (Å²) in [4.78, 5) is 40.8. The molecule has 10 atom stereocenters. The molecule has 3 fully saturated rings. The first-order chi connectivity index (χ1) is 18.0. The first-order valence-electron chi connectivity index (χ1n) is 14.4. The Morgan fingerprint density at radius 2 is 1.79 bits per heavy atom. The van der Waals surface area contributed by atoms with Crippen LogP contribution in [0, 0.1) is 17.8 Å². The molecule has 1 aliphatic carbocycles. The van der Waals surface area contributed by atoms with Gasteiger partial charge in [0.15, 0.2) is 0 Å². The van der Waals surface area contributed by atoms with Gasteiger partial charge in [-0.1, -0.05) is 27.7 Å². The molecule has 1 saturated carbocycles. The van der Waals surface area contributed by atoms with Crippen LogP contribution >= 0.6 is 9.24 Å². The van der Waals surface area contributed by atoms with E-state index in [4.69, 9.17) is 14.2 Å². The maximum atomic E-state index is 13.2. The van der Waals surface area contributed by atoms with Gasteiger partial charge in [-0.25, -0.2) is 4.79 Å². The number of likely N-dealkylation sites (tertiary alicyclic amines) is 1. The van der Waals surface area contributed by atoms with Gasteiger partial charge >= 0.3 is 5.97 Å². The summed E-state index contributed by atoms with van der Waals surface area (Å²) >= 11 is 0. The first-order valence-corrected chi connectivity index (χ1v) is 15.1. The summed E-state index contributed by atoms with van der Waals surface area (Å²) in [7, 11) is 4.05. The van der Waals surface area contributed by atoms with Crippen LogP contribution in [0.3, 0.4) is 0 Å². The summed E-state index contributed by atoms with van der Waals surface area (Å²) in [6.07, 6.45) is 5.29. The lowest BCUT2D eigenvalue weighted by Crippen LogP contribution is -2.60. The fourth-order valence-electron chi connectivity index (χ4n) is 5.75. The Hall–Kier alpha value is -1.12. The van der Waals surface area contributed by atoms with Crippen LogP contribution in [0.4, 0.5) is 0 Å². The van der Waals surface area contributed by atoms with Crippen molar-refractivity contribution in [1.29, 1.82) is 0 Å². The minimum absolute atomic E-state index is 0.0808. The van der Waals surface area contributed by atoms with Crippen LogP contribution in [0.2, 0.25) is 0 Å². The van der Waals surface area contributed by atoms with Crippen molar-refractivity contribution in [2.24, 2.45) is 17.8 Å². The molecule has 2 saturated heterocycles. The number of aliphatic hydroxyl groups is 2. The third-order valence-electron chi connectivity index (χ3n) is 8.42. The minimum Gasteiger partial charge on any atom is -0.461 e. The molecule has 2 aliphatic heterocycles. The Morgan fingerprint density at radius 1 is 1.11 bits per heavy atom. The number of hydrogen-bond donors (Lipinski definition) is 2. The van der Waals surface area contributed by atoms with Gasteiger partial charge in [-0.2, -0.15) is 0 Å². The van der Waals surface area contributed by atoms with E-state index in [1.54, 1.807) is 14.0 Å². The lowest BCUT2D eigenvalue weighted by Gasteiger charge is -2.41. The van der Waals surface area contributed by atoms with Gasteiger partial charge in [0.2, 0.25) is 5.79 Å². The summed E-state index contributed by atoms with van der Waals surface area (Å²) < 4.78 is 16.7. The third kappa shape index (κ3) is 7.97. The maximum absolute atomic E-state index is 13.2. The number of hydrogen-bond acceptors (Lipinski definition) is 8. The quantitative estimate of drug-likeness (QED) is 0.264. The van der Waals surface area contributed by atoms with Crippen LogP contribution in [0.5, 0.6) is 0 Å². The average Bonchev–Trinajstić information content (AvgIpc) is 2.92. The largest absolute Gasteiger partial charge is 0.461 e. The van der Waals surface area contributed by atoms with Crippen LogP contribution in [0.15, 0.2) is 0 Å². The lowest BCUT2D eigenvalue weighted by atomic mass is 9.79. The maximum Gasteiger partial charge on any atom is 0.329 e. The molecular weight excluding hydrogens is 509 g/mol. The molecular formula is C28H50NO8P. The van der Waals surface area contributed by atoms with Gasteiger partial charge < -0.3 is 29.3 Å². The van der Waals surface area contributed by atoms with Crippen molar-refractivity contribution in [1.82, 2.24) is 4.90 Å². The number of carbonyl (C=O) groups is 3. The van der Waals surface area contributed by atoms with Crippen molar-refractivity contribution < 1.29 is 38.8 Å². The number of methoxy groups -OCH3 is 1. The summed E-state index contributed by atoms with van der Waals surface area (Å²) in [6.45, 7) is 9.84. The molecule has 1 amide bonds. The summed E-state index contributed by atoms with van der Waals surface area (Å²) in [6, 6.07) is -0.859. The summed E-state index contributed by atoms with van der Waals surface area (Å²) in [5, 5.41) is 21.0. The Kier molecular flexibility index (Phi) is 13.1. The number of rotatable bonds is 8. The van der Waals surface area contributed by atoms with E-state index in [9.17, 15) is 24.6 Å². The number of esters is 1. The third-order valence-corrected chi connectivity index (χ3v) is 8.88. The van der Waals surface area contributed by atoms with Crippen LogP contribution in [-0.2, 0) is 28.6 Å². The molecule has 0 radical (unpaired) electrons. The van der Waals surface area contributed by atoms with Crippen molar-refractivity contribution in [3.05, 3.63) is 0 Å². The van der Waals surface area contributed by atoms with E-state index in [2.05, 4.69) is 9.24 Å². The number of amides is 1. The van der Waals surface area contributed by atoms with Gasteiger partial charge in [0.05, 0.1) is 18.1 Å². The van der Waals surface area contributed by atoms with Crippen molar-refractivity contribution in [3.63, 3.8) is 0 Å². The summed E-state index contributed by atoms with van der Waals surface area (Å²) in [5.74, 6) is -5.11. The number of Topliss-reactive ketones (excluding diaryl/α,β-unsaturated/α-hetero) is 1. The summed E-state index contributed by atoms with van der Waals surface area (Å²) in [5.41, 5.74) is 0. The number of ether oxygens (including phenoxy) is 3. The zero-order valence-electron chi connectivity index (χ0n) is 24.1. The van der Waals surface area contributed by atoms with Crippen molar-refractivity contribution in [2.75, 3.05) is 13.7 Å². The SMILES string of the molecule is CC.COC1CC(CC(C)C(C)OC(=O)C2CCCCN2C(=O)C(=O)C2(O)OC(P)CCC2C)CCC1O. The fourth-order valence-corrected chi connectivity index (χ4v) is 6.15. The van der Waals surface area contributed by atoms with E-state index < -0.39 is 47.4 Å². The smallest absolute Gasteiger partial charge is 0.329 e. The molecule has 2 heterocycles. The van der Waals surface area contributed by atoms with E-state index in [1.807, 2.05) is 27.7 Å². The van der Waals surface area contributed by atoms with E-state index in [1.165, 1.54) is 4.90 Å². The van der Waals surface area contributed by atoms with E-state index in [0.717, 1.165) is 25.7 Å². The lowest BCUT2D eigenvalue weighted by molar-refractivity contribution is -0.247. The highest BCUT2D eigenvalue weighted by molar-refractivity contribution is 7.17. The molecule has 38 heavy (non-hydrogen) atoms. The highest BCUT2D eigenvalue weighted by atomic mass is 31.0. The van der Waals surface area contributed by atoms with E-state index >= 15 is 0 Å². The zero-order valence-corrected chi connectivity index (χ0v) is 25.2. The average molecular weight is 560 g/mol. The minimum atomic E-state index is -2.19. The van der Waals surface area contributed by atoms with Crippen molar-refractivity contribution in [2.45, 2.75) is 128 Å². The molecule has 3 rings (SSSR count). The normalized spacial score (nSPS) is 35.3. The zero-order chi connectivity index (χ0) is 28.6. The van der Waals surface area contributed by atoms with Gasteiger partial charge in [-0.15, -0.1) is 9.24 Å². The Labute approximate surface area is 230 Å². The Balaban J connectivity index is 0.00000247. The molecule has 9 nitrogen and oxygen atoms in total. The van der Waals surface area contributed by atoms with Gasteiger partial charge in [0.1, 0.15) is 12.1 Å². The molecule has 10 heteroatoms.